The van der Waals surface area contributed by atoms with Crippen molar-refractivity contribution in [3.63, 3.8) is 0 Å². The lowest BCUT2D eigenvalue weighted by Crippen LogP contribution is -2.21. The van der Waals surface area contributed by atoms with Gasteiger partial charge >= 0.3 is 11.9 Å². The van der Waals surface area contributed by atoms with Crippen molar-refractivity contribution in [2.75, 3.05) is 0 Å². The molecule has 3 aromatic rings. The molecule has 0 amide bonds. The van der Waals surface area contributed by atoms with Crippen molar-refractivity contribution >= 4 is 33.5 Å². The number of hydrogen-bond donors (Lipinski definition) is 0. The summed E-state index contributed by atoms with van der Waals surface area (Å²) in [4.78, 5) is 26.5. The molecule has 0 radical (unpaired) electrons. The summed E-state index contributed by atoms with van der Waals surface area (Å²) in [5, 5.41) is 3.20. The van der Waals surface area contributed by atoms with Crippen LogP contribution in [0, 0.1) is 11.8 Å². The molecule has 0 saturated heterocycles. The maximum absolute atomic E-state index is 13.3. The van der Waals surface area contributed by atoms with E-state index in [0.717, 1.165) is 84.9 Å². The number of aryl methyl sites for hydroxylation is 1. The van der Waals surface area contributed by atoms with Crippen molar-refractivity contribution in [2.45, 2.75) is 92.4 Å². The number of unbranched alkanes of at least 4 members (excludes halogenated alkanes) is 2. The summed E-state index contributed by atoms with van der Waals surface area (Å²) in [5.74, 6) is 0.487. The van der Waals surface area contributed by atoms with E-state index in [1.165, 1.54) is 0 Å². The highest BCUT2D eigenvalue weighted by Crippen LogP contribution is 2.44. The van der Waals surface area contributed by atoms with Crippen LogP contribution >= 0.6 is 0 Å². The SMILES string of the molecule is CCCCC(CC)C(=O)Oc1c2ccccc2c(OC(=O)C(CC)CCCC)c2cc(CC)ccc12. The summed E-state index contributed by atoms with van der Waals surface area (Å²) in [7, 11) is 0. The first-order chi connectivity index (χ1) is 17.5. The number of esters is 2. The Morgan fingerprint density at radius 1 is 0.667 bits per heavy atom. The lowest BCUT2D eigenvalue weighted by Gasteiger charge is -2.20. The minimum atomic E-state index is -0.188. The van der Waals surface area contributed by atoms with Gasteiger partial charge in [0.05, 0.1) is 11.8 Å². The minimum absolute atomic E-state index is 0.130. The molecule has 4 heteroatoms. The van der Waals surface area contributed by atoms with E-state index in [0.29, 0.717) is 11.5 Å². The standard InChI is InChI=1S/C32H42O4/c1-6-11-15-23(9-4)31(33)35-29-25-17-13-14-18-26(25)30(28-21-22(8-3)19-20-27(28)29)36-32(34)24(10-5)16-12-7-2/h13-14,17-21,23-24H,6-12,15-16H2,1-5H3. The smallest absolute Gasteiger partial charge is 0.314 e. The van der Waals surface area contributed by atoms with Gasteiger partial charge in [-0.25, -0.2) is 0 Å². The highest BCUT2D eigenvalue weighted by atomic mass is 16.5. The summed E-state index contributed by atoms with van der Waals surface area (Å²) in [5.41, 5.74) is 1.14. The van der Waals surface area contributed by atoms with E-state index in [1.54, 1.807) is 0 Å². The largest absolute Gasteiger partial charge is 0.425 e. The maximum atomic E-state index is 13.3. The molecule has 0 aliphatic heterocycles. The number of hydrogen-bond acceptors (Lipinski definition) is 4. The highest BCUT2D eigenvalue weighted by Gasteiger charge is 2.25. The Morgan fingerprint density at radius 2 is 1.14 bits per heavy atom. The van der Waals surface area contributed by atoms with Crippen LogP contribution < -0.4 is 9.47 Å². The van der Waals surface area contributed by atoms with E-state index in [-0.39, 0.29) is 23.8 Å². The van der Waals surface area contributed by atoms with Crippen molar-refractivity contribution in [3.8, 4) is 11.5 Å². The Morgan fingerprint density at radius 3 is 1.58 bits per heavy atom. The third-order valence-electron chi connectivity index (χ3n) is 7.27. The number of carbonyl (C=O) groups is 2. The summed E-state index contributed by atoms with van der Waals surface area (Å²) in [6.07, 6.45) is 8.11. The minimum Gasteiger partial charge on any atom is -0.425 e. The van der Waals surface area contributed by atoms with Crippen molar-refractivity contribution in [1.82, 2.24) is 0 Å². The maximum Gasteiger partial charge on any atom is 0.314 e. The molecule has 0 fully saturated rings. The molecule has 4 nitrogen and oxygen atoms in total. The highest BCUT2D eigenvalue weighted by molar-refractivity contribution is 6.13. The van der Waals surface area contributed by atoms with Gasteiger partial charge in [-0.05, 0) is 43.7 Å². The second kappa shape index (κ2) is 13.4. The quantitative estimate of drug-likeness (QED) is 0.136. The molecular formula is C32H42O4. The number of ether oxygens (including phenoxy) is 2. The van der Waals surface area contributed by atoms with Gasteiger partial charge in [0.1, 0.15) is 11.5 Å². The van der Waals surface area contributed by atoms with Crippen LogP contribution in [0.15, 0.2) is 42.5 Å². The normalized spacial score (nSPS) is 13.0. The van der Waals surface area contributed by atoms with Crippen LogP contribution in [0.3, 0.4) is 0 Å². The average Bonchev–Trinajstić information content (AvgIpc) is 2.90. The first kappa shape index (κ1) is 27.7. The molecule has 0 saturated carbocycles. The Hall–Kier alpha value is -2.88. The summed E-state index contributed by atoms with van der Waals surface area (Å²) < 4.78 is 12.4. The zero-order valence-corrected chi connectivity index (χ0v) is 22.7. The number of carbonyl (C=O) groups excluding carboxylic acids is 2. The molecule has 0 aliphatic carbocycles. The van der Waals surface area contributed by atoms with Gasteiger partial charge in [0.25, 0.3) is 0 Å². The van der Waals surface area contributed by atoms with Crippen LogP contribution in [-0.2, 0) is 16.0 Å². The van der Waals surface area contributed by atoms with Crippen LogP contribution in [0.4, 0.5) is 0 Å². The predicted molar refractivity (Wildman–Crippen MR) is 149 cm³/mol. The van der Waals surface area contributed by atoms with E-state index in [2.05, 4.69) is 32.9 Å². The molecule has 0 heterocycles. The van der Waals surface area contributed by atoms with Gasteiger partial charge in [-0.3, -0.25) is 9.59 Å². The van der Waals surface area contributed by atoms with Gasteiger partial charge < -0.3 is 9.47 Å². The van der Waals surface area contributed by atoms with Crippen LogP contribution in [0.5, 0.6) is 11.5 Å². The van der Waals surface area contributed by atoms with E-state index >= 15 is 0 Å². The lowest BCUT2D eigenvalue weighted by molar-refractivity contribution is -0.140. The van der Waals surface area contributed by atoms with Crippen molar-refractivity contribution in [3.05, 3.63) is 48.0 Å². The molecule has 0 aromatic heterocycles. The van der Waals surface area contributed by atoms with Gasteiger partial charge in [-0.15, -0.1) is 0 Å². The van der Waals surface area contributed by atoms with E-state index in [1.807, 2.05) is 44.2 Å². The monoisotopic (exact) mass is 490 g/mol. The third kappa shape index (κ3) is 6.27. The van der Waals surface area contributed by atoms with Gasteiger partial charge in [-0.1, -0.05) is 96.7 Å². The van der Waals surface area contributed by atoms with E-state index in [4.69, 9.17) is 9.47 Å². The zero-order chi connectivity index (χ0) is 26.1. The lowest BCUT2D eigenvalue weighted by atomic mass is 9.96. The molecule has 2 atom stereocenters. The Bertz CT molecular complexity index is 1180. The number of benzene rings is 3. The number of rotatable bonds is 13. The number of fused-ring (bicyclic) bond motifs is 2. The fourth-order valence-corrected chi connectivity index (χ4v) is 4.83. The first-order valence-electron chi connectivity index (χ1n) is 13.9. The van der Waals surface area contributed by atoms with Crippen LogP contribution in [0.25, 0.3) is 21.5 Å². The molecule has 3 aromatic carbocycles. The molecular weight excluding hydrogens is 448 g/mol. The molecule has 2 unspecified atom stereocenters. The third-order valence-corrected chi connectivity index (χ3v) is 7.27. The van der Waals surface area contributed by atoms with Crippen LogP contribution in [-0.4, -0.2) is 11.9 Å². The second-order valence-electron chi connectivity index (χ2n) is 9.77. The molecule has 0 aliphatic rings. The molecule has 36 heavy (non-hydrogen) atoms. The molecule has 0 N–H and O–H groups in total. The molecule has 3 rings (SSSR count). The molecule has 194 valence electrons. The van der Waals surface area contributed by atoms with Crippen LogP contribution in [0.1, 0.15) is 91.5 Å². The Kier molecular flexibility index (Phi) is 10.3. The summed E-state index contributed by atoms with van der Waals surface area (Å²) >= 11 is 0. The van der Waals surface area contributed by atoms with E-state index in [9.17, 15) is 9.59 Å². The summed E-state index contributed by atoms with van der Waals surface area (Å²) in [6.45, 7) is 10.5. The van der Waals surface area contributed by atoms with Gasteiger partial charge in [0.2, 0.25) is 0 Å². The van der Waals surface area contributed by atoms with Crippen LogP contribution in [0.2, 0.25) is 0 Å². The van der Waals surface area contributed by atoms with Gasteiger partial charge in [0.15, 0.2) is 0 Å². The zero-order valence-electron chi connectivity index (χ0n) is 22.7. The van der Waals surface area contributed by atoms with E-state index < -0.39 is 0 Å². The molecule has 0 spiro atoms. The molecule has 0 bridgehead atoms. The fourth-order valence-electron chi connectivity index (χ4n) is 4.83. The van der Waals surface area contributed by atoms with Gasteiger partial charge in [0, 0.05) is 21.5 Å². The summed E-state index contributed by atoms with van der Waals surface area (Å²) in [6, 6.07) is 13.9. The first-order valence-corrected chi connectivity index (χ1v) is 13.9. The van der Waals surface area contributed by atoms with Crippen molar-refractivity contribution in [2.24, 2.45) is 11.8 Å². The van der Waals surface area contributed by atoms with Crippen molar-refractivity contribution in [1.29, 1.82) is 0 Å². The average molecular weight is 491 g/mol. The Labute approximate surface area is 216 Å². The van der Waals surface area contributed by atoms with Crippen molar-refractivity contribution < 1.29 is 19.1 Å². The predicted octanol–water partition coefficient (Wildman–Crippen LogP) is 8.80. The topological polar surface area (TPSA) is 52.6 Å². The second-order valence-corrected chi connectivity index (χ2v) is 9.77. The Balaban J connectivity index is 2.15. The fraction of sp³-hybridized carbons (Fsp3) is 0.500. The van der Waals surface area contributed by atoms with Gasteiger partial charge in [-0.2, -0.15) is 0 Å².